The van der Waals surface area contributed by atoms with Gasteiger partial charge in [0, 0.05) is 58.6 Å². The fraction of sp³-hybridized carbons (Fsp3) is 0.615. The highest BCUT2D eigenvalue weighted by Crippen LogP contribution is 2.16. The van der Waals surface area contributed by atoms with Gasteiger partial charge < -0.3 is 10.2 Å². The molecule has 0 radical (unpaired) electrons. The lowest BCUT2D eigenvalue weighted by Crippen LogP contribution is -2.56. The number of nitrogens with one attached hydrogen (secondary N) is 1. The smallest absolute Gasteiger partial charge is 0.282 e. The van der Waals surface area contributed by atoms with Crippen LogP contribution in [0.2, 0.25) is 0 Å². The molecule has 2 saturated heterocycles. The second kappa shape index (κ2) is 6.27. The predicted molar refractivity (Wildman–Crippen MR) is 81.4 cm³/mol. The van der Waals surface area contributed by atoms with Gasteiger partial charge in [-0.15, -0.1) is 0 Å². The summed E-state index contributed by atoms with van der Waals surface area (Å²) in [5.74, 6) is 0.914. The molecule has 2 fully saturated rings. The van der Waals surface area contributed by atoms with Crippen molar-refractivity contribution in [2.75, 3.05) is 57.3 Å². The van der Waals surface area contributed by atoms with Gasteiger partial charge in [-0.25, -0.2) is 4.98 Å². The van der Waals surface area contributed by atoms with Crippen LogP contribution < -0.4 is 10.2 Å². The lowest BCUT2D eigenvalue weighted by atomic mass is 10.3. The van der Waals surface area contributed by atoms with Crippen LogP contribution in [-0.4, -0.2) is 74.4 Å². The monoisotopic (exact) mass is 311 g/mol. The second-order valence-corrected chi connectivity index (χ2v) is 7.16. The Kier molecular flexibility index (Phi) is 4.39. The molecule has 116 valence electrons. The van der Waals surface area contributed by atoms with Gasteiger partial charge in [-0.1, -0.05) is 6.07 Å². The fourth-order valence-corrected chi connectivity index (χ4v) is 4.32. The summed E-state index contributed by atoms with van der Waals surface area (Å²) < 4.78 is 28.3. The van der Waals surface area contributed by atoms with Crippen molar-refractivity contribution >= 4 is 16.0 Å². The zero-order valence-electron chi connectivity index (χ0n) is 12.0. The van der Waals surface area contributed by atoms with Crippen LogP contribution in [0, 0.1) is 0 Å². The van der Waals surface area contributed by atoms with E-state index in [2.05, 4.69) is 15.2 Å². The molecule has 0 amide bonds. The molecule has 2 aliphatic heterocycles. The highest BCUT2D eigenvalue weighted by molar-refractivity contribution is 7.86. The Hall–Kier alpha value is -1.22. The average Bonchev–Trinajstić information content (AvgIpc) is 2.57. The maximum atomic E-state index is 12.6. The van der Waals surface area contributed by atoms with E-state index in [1.54, 1.807) is 14.8 Å². The van der Waals surface area contributed by atoms with Gasteiger partial charge in [0.1, 0.15) is 5.82 Å². The SMILES string of the molecule is O=S(=O)(N1CCNCC1)N1CCN(c2ccccn2)CC1. The van der Waals surface area contributed by atoms with E-state index < -0.39 is 10.2 Å². The minimum Gasteiger partial charge on any atom is -0.354 e. The van der Waals surface area contributed by atoms with E-state index in [4.69, 9.17) is 0 Å². The summed E-state index contributed by atoms with van der Waals surface area (Å²) in [6.45, 7) is 4.97. The summed E-state index contributed by atoms with van der Waals surface area (Å²) in [6, 6.07) is 5.79. The number of nitrogens with zero attached hydrogens (tertiary/aromatic N) is 4. The molecular formula is C13H21N5O2S. The Morgan fingerprint density at radius 3 is 2.24 bits per heavy atom. The van der Waals surface area contributed by atoms with Crippen molar-refractivity contribution in [2.45, 2.75) is 0 Å². The third-order valence-corrected chi connectivity index (χ3v) is 5.98. The Morgan fingerprint density at radius 2 is 1.62 bits per heavy atom. The van der Waals surface area contributed by atoms with Crippen LogP contribution >= 0.6 is 0 Å². The predicted octanol–water partition coefficient (Wildman–Crippen LogP) is -0.646. The number of pyridine rings is 1. The van der Waals surface area contributed by atoms with Gasteiger partial charge in [0.15, 0.2) is 0 Å². The van der Waals surface area contributed by atoms with E-state index in [1.807, 2.05) is 18.2 Å². The first kappa shape index (κ1) is 14.7. The maximum absolute atomic E-state index is 12.6. The third-order valence-electron chi connectivity index (χ3n) is 3.94. The van der Waals surface area contributed by atoms with E-state index >= 15 is 0 Å². The minimum absolute atomic E-state index is 0.517. The topological polar surface area (TPSA) is 68.8 Å². The van der Waals surface area contributed by atoms with Crippen LogP contribution in [-0.2, 0) is 10.2 Å². The van der Waals surface area contributed by atoms with Crippen molar-refractivity contribution in [2.24, 2.45) is 0 Å². The number of aromatic nitrogens is 1. The summed E-state index contributed by atoms with van der Waals surface area (Å²) in [7, 11) is -3.31. The quantitative estimate of drug-likeness (QED) is 0.804. The van der Waals surface area contributed by atoms with Gasteiger partial charge in [-0.3, -0.25) is 0 Å². The van der Waals surface area contributed by atoms with Crippen LogP contribution in [0.3, 0.4) is 0 Å². The van der Waals surface area contributed by atoms with E-state index in [0.29, 0.717) is 39.3 Å². The van der Waals surface area contributed by atoms with E-state index in [0.717, 1.165) is 18.9 Å². The number of anilines is 1. The van der Waals surface area contributed by atoms with E-state index in [9.17, 15) is 8.42 Å². The van der Waals surface area contributed by atoms with Crippen molar-refractivity contribution < 1.29 is 8.42 Å². The molecule has 0 atom stereocenters. The Balaban J connectivity index is 1.62. The van der Waals surface area contributed by atoms with Gasteiger partial charge in [0.25, 0.3) is 10.2 Å². The molecule has 21 heavy (non-hydrogen) atoms. The van der Waals surface area contributed by atoms with Gasteiger partial charge in [0.05, 0.1) is 0 Å². The first-order valence-electron chi connectivity index (χ1n) is 7.30. The first-order valence-corrected chi connectivity index (χ1v) is 8.69. The zero-order chi connectivity index (χ0) is 14.7. The molecule has 0 aliphatic carbocycles. The molecule has 1 aromatic rings. The third kappa shape index (κ3) is 3.18. The molecule has 3 heterocycles. The van der Waals surface area contributed by atoms with Crippen molar-refractivity contribution in [1.82, 2.24) is 18.9 Å². The molecule has 7 nitrogen and oxygen atoms in total. The highest BCUT2D eigenvalue weighted by atomic mass is 32.2. The zero-order valence-corrected chi connectivity index (χ0v) is 12.8. The summed E-state index contributed by atoms with van der Waals surface area (Å²) in [6.07, 6.45) is 1.76. The van der Waals surface area contributed by atoms with E-state index in [1.165, 1.54) is 0 Å². The number of rotatable bonds is 3. The van der Waals surface area contributed by atoms with Crippen molar-refractivity contribution in [3.05, 3.63) is 24.4 Å². The molecule has 8 heteroatoms. The van der Waals surface area contributed by atoms with Crippen molar-refractivity contribution in [3.63, 3.8) is 0 Å². The Labute approximate surface area is 125 Å². The van der Waals surface area contributed by atoms with Crippen molar-refractivity contribution in [3.8, 4) is 0 Å². The second-order valence-electron chi connectivity index (χ2n) is 5.23. The fourth-order valence-electron chi connectivity index (χ4n) is 2.73. The van der Waals surface area contributed by atoms with Crippen LogP contribution in [0.1, 0.15) is 0 Å². The molecule has 0 unspecified atom stereocenters. The van der Waals surface area contributed by atoms with Crippen LogP contribution in [0.25, 0.3) is 0 Å². The average molecular weight is 311 g/mol. The molecule has 0 saturated carbocycles. The number of hydrogen-bond donors (Lipinski definition) is 1. The van der Waals surface area contributed by atoms with Crippen LogP contribution in [0.5, 0.6) is 0 Å². The van der Waals surface area contributed by atoms with Crippen LogP contribution in [0.4, 0.5) is 5.82 Å². The summed E-state index contributed by atoms with van der Waals surface area (Å²) in [5, 5.41) is 3.18. The molecule has 0 bridgehead atoms. The Bertz CT molecular complexity index is 551. The van der Waals surface area contributed by atoms with Crippen LogP contribution in [0.15, 0.2) is 24.4 Å². The molecule has 1 N–H and O–H groups in total. The first-order chi connectivity index (χ1) is 10.2. The van der Waals surface area contributed by atoms with E-state index in [-0.39, 0.29) is 0 Å². The number of hydrogen-bond acceptors (Lipinski definition) is 5. The largest absolute Gasteiger partial charge is 0.354 e. The van der Waals surface area contributed by atoms with Gasteiger partial charge in [-0.05, 0) is 12.1 Å². The minimum atomic E-state index is -3.31. The van der Waals surface area contributed by atoms with Gasteiger partial charge in [0.2, 0.25) is 0 Å². The normalized spacial score (nSPS) is 22.4. The summed E-state index contributed by atoms with van der Waals surface area (Å²) in [5.41, 5.74) is 0. The molecular weight excluding hydrogens is 290 g/mol. The van der Waals surface area contributed by atoms with Gasteiger partial charge in [-0.2, -0.15) is 17.0 Å². The maximum Gasteiger partial charge on any atom is 0.282 e. The summed E-state index contributed by atoms with van der Waals surface area (Å²) >= 11 is 0. The van der Waals surface area contributed by atoms with Crippen molar-refractivity contribution in [1.29, 1.82) is 0 Å². The molecule has 3 rings (SSSR count). The standard InChI is InChI=1S/C13H21N5O2S/c19-21(20,17-7-5-14-6-8-17)18-11-9-16(10-12-18)13-3-1-2-4-15-13/h1-4,14H,5-12H2. The summed E-state index contributed by atoms with van der Waals surface area (Å²) in [4.78, 5) is 6.45. The number of piperazine rings is 2. The van der Waals surface area contributed by atoms with Gasteiger partial charge >= 0.3 is 0 Å². The lowest BCUT2D eigenvalue weighted by Gasteiger charge is -2.38. The lowest BCUT2D eigenvalue weighted by molar-refractivity contribution is 0.303. The molecule has 0 spiro atoms. The molecule has 0 aromatic carbocycles. The molecule has 2 aliphatic rings. The molecule has 1 aromatic heterocycles. The highest BCUT2D eigenvalue weighted by Gasteiger charge is 2.33. The Morgan fingerprint density at radius 1 is 0.952 bits per heavy atom.